The van der Waals surface area contributed by atoms with Gasteiger partial charge in [-0.3, -0.25) is 9.58 Å². The summed E-state index contributed by atoms with van der Waals surface area (Å²) in [5, 5.41) is 12.4. The fraction of sp³-hybridized carbons (Fsp3) is 0.323. The number of rotatable bonds is 9. The Morgan fingerprint density at radius 2 is 1.62 bits per heavy atom. The van der Waals surface area contributed by atoms with E-state index < -0.39 is 0 Å². The molecule has 0 bridgehead atoms. The molecule has 1 N–H and O–H groups in total. The molecule has 0 unspecified atom stereocenters. The molecule has 0 spiro atoms. The van der Waals surface area contributed by atoms with Crippen molar-refractivity contribution in [1.82, 2.24) is 29.3 Å². The number of anilines is 2. The third kappa shape index (κ3) is 6.29. The van der Waals surface area contributed by atoms with Gasteiger partial charge in [0.2, 0.25) is 5.95 Å². The number of ether oxygens (including phenoxy) is 1. The van der Waals surface area contributed by atoms with Gasteiger partial charge in [-0.2, -0.15) is 10.1 Å². The molecule has 1 saturated heterocycles. The lowest BCUT2D eigenvalue weighted by molar-refractivity contribution is 0.238. The van der Waals surface area contributed by atoms with E-state index in [4.69, 9.17) is 9.84 Å². The molecule has 0 atom stereocenters. The van der Waals surface area contributed by atoms with Gasteiger partial charge in [0.15, 0.2) is 5.65 Å². The highest BCUT2D eigenvalue weighted by molar-refractivity contribution is 5.70. The summed E-state index contributed by atoms with van der Waals surface area (Å²) in [7, 11) is 0. The van der Waals surface area contributed by atoms with Crippen LogP contribution in [0.25, 0.3) is 28.0 Å². The van der Waals surface area contributed by atoms with Crippen molar-refractivity contribution < 1.29 is 4.74 Å². The second kappa shape index (κ2) is 12.6. The molecule has 1 fully saturated rings. The minimum absolute atomic E-state index is 0.554. The molecular weight excluding hydrogens is 486 g/mol. The van der Waals surface area contributed by atoms with E-state index >= 15 is 0 Å². The Morgan fingerprint density at radius 1 is 0.872 bits per heavy atom. The van der Waals surface area contributed by atoms with Crippen molar-refractivity contribution in [2.24, 2.45) is 0 Å². The highest BCUT2D eigenvalue weighted by Crippen LogP contribution is 2.26. The SMILES string of the molecule is CC.CCn1cc(-c2ccc(-c3cccc4nc(Nc5ccc(OCCN6CCCC6)cc5)nn34)cc2)cn1. The molecule has 0 aliphatic carbocycles. The highest BCUT2D eigenvalue weighted by atomic mass is 16.5. The summed E-state index contributed by atoms with van der Waals surface area (Å²) in [6.07, 6.45) is 6.58. The molecule has 8 heteroatoms. The number of benzene rings is 2. The van der Waals surface area contributed by atoms with Gasteiger partial charge in [-0.15, -0.1) is 5.10 Å². The zero-order chi connectivity index (χ0) is 27.0. The normalized spacial score (nSPS) is 13.3. The van der Waals surface area contributed by atoms with E-state index in [0.29, 0.717) is 12.6 Å². The number of aromatic nitrogens is 5. The predicted octanol–water partition coefficient (Wildman–Crippen LogP) is 6.52. The van der Waals surface area contributed by atoms with Crippen LogP contribution in [0.2, 0.25) is 0 Å². The average molecular weight is 524 g/mol. The first kappa shape index (κ1) is 26.4. The van der Waals surface area contributed by atoms with E-state index in [1.807, 2.05) is 65.6 Å². The third-order valence-electron chi connectivity index (χ3n) is 6.82. The molecule has 2 aromatic carbocycles. The van der Waals surface area contributed by atoms with Crippen LogP contribution >= 0.6 is 0 Å². The molecule has 1 aliphatic rings. The molecule has 3 aromatic heterocycles. The van der Waals surface area contributed by atoms with E-state index in [2.05, 4.69) is 63.8 Å². The Bertz CT molecular complexity index is 1470. The van der Waals surface area contributed by atoms with E-state index in [1.54, 1.807) is 0 Å². The first-order valence-corrected chi connectivity index (χ1v) is 14.0. The van der Waals surface area contributed by atoms with Gasteiger partial charge in [-0.05, 0) is 74.8 Å². The fourth-order valence-corrected chi connectivity index (χ4v) is 4.76. The quantitative estimate of drug-likeness (QED) is 0.237. The van der Waals surface area contributed by atoms with Crippen LogP contribution in [0.15, 0.2) is 79.1 Å². The van der Waals surface area contributed by atoms with Crippen molar-refractivity contribution in [1.29, 1.82) is 0 Å². The third-order valence-corrected chi connectivity index (χ3v) is 6.82. The minimum Gasteiger partial charge on any atom is -0.492 e. The van der Waals surface area contributed by atoms with Crippen molar-refractivity contribution in [2.45, 2.75) is 40.2 Å². The summed E-state index contributed by atoms with van der Waals surface area (Å²) < 4.78 is 9.73. The van der Waals surface area contributed by atoms with Crippen LogP contribution in [0.1, 0.15) is 33.6 Å². The first-order chi connectivity index (χ1) is 19.2. The van der Waals surface area contributed by atoms with Crippen LogP contribution in [-0.2, 0) is 6.54 Å². The van der Waals surface area contributed by atoms with E-state index in [0.717, 1.165) is 52.6 Å². The molecule has 1 aliphatic heterocycles. The molecule has 4 heterocycles. The van der Waals surface area contributed by atoms with Crippen LogP contribution in [0, 0.1) is 0 Å². The predicted molar refractivity (Wildman–Crippen MR) is 158 cm³/mol. The standard InChI is InChI=1S/C29H31N7O.C2H6/c1-2-35-21-24(20-30-35)22-8-10-23(11-9-22)27-6-5-7-28-32-29(33-36(27)28)31-25-12-14-26(15-13-25)37-19-18-34-16-3-4-17-34;1-2/h5-15,20-21H,2-4,16-19H2,1H3,(H,31,33);1-2H3. The summed E-state index contributed by atoms with van der Waals surface area (Å²) in [5.74, 6) is 1.43. The van der Waals surface area contributed by atoms with Gasteiger partial charge in [-0.25, -0.2) is 4.52 Å². The van der Waals surface area contributed by atoms with Crippen molar-refractivity contribution in [3.05, 3.63) is 79.1 Å². The number of nitrogens with zero attached hydrogens (tertiary/aromatic N) is 6. The van der Waals surface area contributed by atoms with E-state index in [9.17, 15) is 0 Å². The number of hydrogen-bond donors (Lipinski definition) is 1. The Balaban J connectivity index is 0.00000151. The van der Waals surface area contributed by atoms with Crippen LogP contribution in [0.5, 0.6) is 5.75 Å². The number of likely N-dealkylation sites (tertiary alicyclic amines) is 1. The molecule has 0 amide bonds. The van der Waals surface area contributed by atoms with Gasteiger partial charge in [0.25, 0.3) is 0 Å². The van der Waals surface area contributed by atoms with Crippen LogP contribution in [0.3, 0.4) is 0 Å². The lowest BCUT2D eigenvalue weighted by atomic mass is 10.1. The second-order valence-corrected chi connectivity index (χ2v) is 9.33. The number of nitrogens with one attached hydrogen (secondary N) is 1. The fourth-order valence-electron chi connectivity index (χ4n) is 4.76. The maximum Gasteiger partial charge on any atom is 0.247 e. The Kier molecular flexibility index (Phi) is 8.53. The molecule has 202 valence electrons. The van der Waals surface area contributed by atoms with E-state index in [1.165, 1.54) is 25.9 Å². The van der Waals surface area contributed by atoms with Gasteiger partial charge in [0.1, 0.15) is 12.4 Å². The molecule has 39 heavy (non-hydrogen) atoms. The molecule has 5 aromatic rings. The monoisotopic (exact) mass is 523 g/mol. The minimum atomic E-state index is 0.554. The van der Waals surface area contributed by atoms with Crippen molar-refractivity contribution in [3.63, 3.8) is 0 Å². The maximum absolute atomic E-state index is 5.92. The number of aryl methyl sites for hydroxylation is 1. The Morgan fingerprint density at radius 3 is 2.33 bits per heavy atom. The van der Waals surface area contributed by atoms with Gasteiger partial charge in [0.05, 0.1) is 11.9 Å². The van der Waals surface area contributed by atoms with Gasteiger partial charge in [-0.1, -0.05) is 44.2 Å². The topological polar surface area (TPSA) is 72.5 Å². The molecule has 0 saturated carbocycles. The highest BCUT2D eigenvalue weighted by Gasteiger charge is 2.12. The summed E-state index contributed by atoms with van der Waals surface area (Å²) >= 11 is 0. The summed E-state index contributed by atoms with van der Waals surface area (Å²) in [6, 6.07) is 22.5. The van der Waals surface area contributed by atoms with Gasteiger partial charge >= 0.3 is 0 Å². The molecular formula is C31H37N7O. The van der Waals surface area contributed by atoms with Crippen molar-refractivity contribution in [3.8, 4) is 28.1 Å². The maximum atomic E-state index is 5.92. The summed E-state index contributed by atoms with van der Waals surface area (Å²) in [6.45, 7) is 11.0. The second-order valence-electron chi connectivity index (χ2n) is 9.33. The van der Waals surface area contributed by atoms with E-state index in [-0.39, 0.29) is 0 Å². The van der Waals surface area contributed by atoms with Crippen LogP contribution in [-0.4, -0.2) is 55.5 Å². The first-order valence-electron chi connectivity index (χ1n) is 14.0. The average Bonchev–Trinajstić information content (AvgIpc) is 3.76. The Labute approximate surface area is 230 Å². The Hall–Kier alpha value is -4.17. The summed E-state index contributed by atoms with van der Waals surface area (Å²) in [4.78, 5) is 7.13. The lowest BCUT2D eigenvalue weighted by Gasteiger charge is -2.15. The lowest BCUT2D eigenvalue weighted by Crippen LogP contribution is -2.25. The zero-order valence-corrected chi connectivity index (χ0v) is 23.0. The van der Waals surface area contributed by atoms with Crippen molar-refractivity contribution in [2.75, 3.05) is 31.6 Å². The molecule has 0 radical (unpaired) electrons. The molecule has 6 rings (SSSR count). The van der Waals surface area contributed by atoms with Gasteiger partial charge < -0.3 is 10.1 Å². The number of pyridine rings is 1. The largest absolute Gasteiger partial charge is 0.492 e. The number of hydrogen-bond acceptors (Lipinski definition) is 6. The number of fused-ring (bicyclic) bond motifs is 1. The summed E-state index contributed by atoms with van der Waals surface area (Å²) in [5.41, 5.74) is 6.01. The van der Waals surface area contributed by atoms with Crippen LogP contribution in [0.4, 0.5) is 11.6 Å². The van der Waals surface area contributed by atoms with Crippen molar-refractivity contribution >= 4 is 17.3 Å². The van der Waals surface area contributed by atoms with Crippen LogP contribution < -0.4 is 10.1 Å². The molecule has 8 nitrogen and oxygen atoms in total. The smallest absolute Gasteiger partial charge is 0.247 e. The van der Waals surface area contributed by atoms with Gasteiger partial charge in [0, 0.05) is 36.1 Å². The zero-order valence-electron chi connectivity index (χ0n) is 23.0.